The number of aliphatic hydroxyl groups is 1. The molecule has 2 fully saturated rings. The van der Waals surface area contributed by atoms with Gasteiger partial charge in [0, 0.05) is 41.9 Å². The fourth-order valence-electron chi connectivity index (χ4n) is 4.84. The van der Waals surface area contributed by atoms with Gasteiger partial charge in [-0.1, -0.05) is 0 Å². The van der Waals surface area contributed by atoms with Gasteiger partial charge in [0.1, 0.15) is 11.3 Å². The third-order valence-corrected chi connectivity index (χ3v) is 6.07. The first-order chi connectivity index (χ1) is 12.7. The molecule has 1 amide bonds. The van der Waals surface area contributed by atoms with E-state index in [2.05, 4.69) is 25.6 Å². The highest BCUT2D eigenvalue weighted by molar-refractivity contribution is 6.14. The Morgan fingerprint density at radius 1 is 1.29 bits per heavy atom. The summed E-state index contributed by atoms with van der Waals surface area (Å²) in [4.78, 5) is 24.1. The number of nitrogens with zero attached hydrogens (tertiary/aromatic N) is 2. The summed E-state index contributed by atoms with van der Waals surface area (Å²) >= 11 is 0. The Balaban J connectivity index is 0.00000112. The summed E-state index contributed by atoms with van der Waals surface area (Å²) in [5, 5.41) is 16.9. The van der Waals surface area contributed by atoms with Crippen LogP contribution >= 0.6 is 24.8 Å². The molecular weight excluding hydrogens is 401 g/mol. The van der Waals surface area contributed by atoms with Gasteiger partial charge in [0.05, 0.1) is 0 Å². The van der Waals surface area contributed by atoms with E-state index in [1.165, 1.54) is 12.8 Å². The van der Waals surface area contributed by atoms with Crippen molar-refractivity contribution in [3.05, 3.63) is 35.8 Å². The van der Waals surface area contributed by atoms with Crippen molar-refractivity contribution >= 4 is 53.8 Å². The molecule has 0 unspecified atom stereocenters. The summed E-state index contributed by atoms with van der Waals surface area (Å²) in [5.41, 5.74) is 2.05. The third-order valence-electron chi connectivity index (χ3n) is 6.07. The van der Waals surface area contributed by atoms with Gasteiger partial charge in [-0.05, 0) is 49.3 Å². The molecule has 28 heavy (non-hydrogen) atoms. The lowest BCUT2D eigenvalue weighted by Crippen LogP contribution is -2.49. The largest absolute Gasteiger partial charge is 0.396 e. The Labute approximate surface area is 174 Å². The standard InChI is InChI=1S/C19H21N5O2.2ClH/c25-9-14-10-3-4-11(6-10)16(14)23-19-22-15(18(26)24-19)7-12-8-21-17-13(12)2-1-5-20-17;;/h1-2,5,7-8,10-11,14,16,25H,3-4,6,9H2,(H,20,21)(H2,22,23,24,26);2*1H/t10-,11+,14+,16+;;/m1../s1. The molecule has 7 nitrogen and oxygen atoms in total. The van der Waals surface area contributed by atoms with E-state index in [1.807, 2.05) is 18.3 Å². The first-order valence-corrected chi connectivity index (χ1v) is 9.14. The number of fused-ring (bicyclic) bond motifs is 3. The summed E-state index contributed by atoms with van der Waals surface area (Å²) < 4.78 is 0. The maximum atomic E-state index is 12.3. The number of aromatic amines is 1. The van der Waals surface area contributed by atoms with Gasteiger partial charge in [-0.15, -0.1) is 24.8 Å². The van der Waals surface area contributed by atoms with Crippen molar-refractivity contribution < 1.29 is 9.90 Å². The number of pyridine rings is 1. The van der Waals surface area contributed by atoms with Crippen LogP contribution in [0.25, 0.3) is 17.1 Å². The molecule has 2 aromatic rings. The molecule has 2 aromatic heterocycles. The van der Waals surface area contributed by atoms with E-state index in [9.17, 15) is 9.90 Å². The van der Waals surface area contributed by atoms with Gasteiger partial charge in [0.15, 0.2) is 0 Å². The Hall–Kier alpha value is -2.09. The van der Waals surface area contributed by atoms with Gasteiger partial charge < -0.3 is 15.4 Å². The maximum absolute atomic E-state index is 12.3. The van der Waals surface area contributed by atoms with Crippen LogP contribution in [0.2, 0.25) is 0 Å². The number of hydrogen-bond donors (Lipinski definition) is 4. The number of carbonyl (C=O) groups is 1. The van der Waals surface area contributed by atoms with Gasteiger partial charge in [0.2, 0.25) is 5.96 Å². The van der Waals surface area contributed by atoms with Gasteiger partial charge in [-0.25, -0.2) is 9.98 Å². The lowest BCUT2D eigenvalue weighted by atomic mass is 9.85. The maximum Gasteiger partial charge on any atom is 0.276 e. The SMILES string of the molecule is Cl.Cl.O=C1NC(N[C@H]2[C@H]3CC[C@H](C3)[C@@H]2CO)=NC1=Cc1c[nH]c2ncccc12. The van der Waals surface area contributed by atoms with Gasteiger partial charge in [-0.2, -0.15) is 0 Å². The number of hydrogen-bond acceptors (Lipinski definition) is 5. The zero-order valence-corrected chi connectivity index (χ0v) is 16.7. The van der Waals surface area contributed by atoms with Crippen LogP contribution in [0.1, 0.15) is 24.8 Å². The number of nitrogens with one attached hydrogen (secondary N) is 3. The fourth-order valence-corrected chi connectivity index (χ4v) is 4.84. The van der Waals surface area contributed by atoms with Crippen LogP contribution in [0.4, 0.5) is 0 Å². The number of halogens is 2. The molecule has 2 bridgehead atoms. The van der Waals surface area contributed by atoms with Crippen LogP contribution in [0.5, 0.6) is 0 Å². The molecule has 0 aromatic carbocycles. The molecule has 150 valence electrons. The summed E-state index contributed by atoms with van der Waals surface area (Å²) in [6.07, 6.45) is 8.88. The minimum Gasteiger partial charge on any atom is -0.396 e. The average Bonchev–Trinajstić information content (AvgIpc) is 3.41. The predicted molar refractivity (Wildman–Crippen MR) is 112 cm³/mol. The van der Waals surface area contributed by atoms with E-state index in [0.29, 0.717) is 23.5 Å². The number of guanidine groups is 1. The van der Waals surface area contributed by atoms with Crippen molar-refractivity contribution in [2.75, 3.05) is 6.61 Å². The summed E-state index contributed by atoms with van der Waals surface area (Å²) in [7, 11) is 0. The van der Waals surface area contributed by atoms with Crippen LogP contribution in [0, 0.1) is 17.8 Å². The highest BCUT2D eigenvalue weighted by atomic mass is 35.5. The zero-order chi connectivity index (χ0) is 17.7. The monoisotopic (exact) mass is 423 g/mol. The Kier molecular flexibility index (Phi) is 5.98. The highest BCUT2D eigenvalue weighted by Gasteiger charge is 2.47. The van der Waals surface area contributed by atoms with E-state index in [0.717, 1.165) is 23.0 Å². The molecule has 3 aliphatic rings. The van der Waals surface area contributed by atoms with Crippen molar-refractivity contribution in [3.8, 4) is 0 Å². The molecule has 5 rings (SSSR count). The quantitative estimate of drug-likeness (QED) is 0.568. The second-order valence-electron chi connectivity index (χ2n) is 7.44. The molecule has 1 aliphatic heterocycles. The summed E-state index contributed by atoms with van der Waals surface area (Å²) in [5.74, 6) is 1.68. The van der Waals surface area contributed by atoms with E-state index >= 15 is 0 Å². The molecule has 9 heteroatoms. The molecule has 3 heterocycles. The van der Waals surface area contributed by atoms with E-state index in [1.54, 1.807) is 12.3 Å². The number of amides is 1. The van der Waals surface area contributed by atoms with Crippen molar-refractivity contribution in [2.24, 2.45) is 22.7 Å². The van der Waals surface area contributed by atoms with Crippen LogP contribution in [0.15, 0.2) is 35.2 Å². The van der Waals surface area contributed by atoms with Crippen LogP contribution < -0.4 is 10.6 Å². The first kappa shape index (κ1) is 20.6. The lowest BCUT2D eigenvalue weighted by Gasteiger charge is -2.30. The van der Waals surface area contributed by atoms with Gasteiger partial charge in [-0.3, -0.25) is 10.1 Å². The Morgan fingerprint density at radius 3 is 2.93 bits per heavy atom. The van der Waals surface area contributed by atoms with E-state index < -0.39 is 0 Å². The zero-order valence-electron chi connectivity index (χ0n) is 15.1. The highest BCUT2D eigenvalue weighted by Crippen LogP contribution is 2.48. The number of aliphatic hydroxyl groups excluding tert-OH is 1. The van der Waals surface area contributed by atoms with Crippen LogP contribution in [-0.4, -0.2) is 39.6 Å². The summed E-state index contributed by atoms with van der Waals surface area (Å²) in [6, 6.07) is 4.02. The lowest BCUT2D eigenvalue weighted by molar-refractivity contribution is -0.115. The molecule has 4 atom stereocenters. The molecule has 2 saturated carbocycles. The number of H-pyrrole nitrogens is 1. The topological polar surface area (TPSA) is 102 Å². The molecule has 0 radical (unpaired) electrons. The molecule has 4 N–H and O–H groups in total. The van der Waals surface area contributed by atoms with Gasteiger partial charge in [0.25, 0.3) is 5.91 Å². The van der Waals surface area contributed by atoms with Crippen LogP contribution in [-0.2, 0) is 4.79 Å². The van der Waals surface area contributed by atoms with Crippen molar-refractivity contribution in [3.63, 3.8) is 0 Å². The molecule has 0 spiro atoms. The first-order valence-electron chi connectivity index (χ1n) is 9.14. The third kappa shape index (κ3) is 3.38. The normalized spacial score (nSPS) is 29.4. The Bertz CT molecular complexity index is 941. The number of carbonyl (C=O) groups excluding carboxylic acids is 1. The molecular formula is C19H23Cl2N5O2. The Morgan fingerprint density at radius 2 is 2.11 bits per heavy atom. The average molecular weight is 424 g/mol. The smallest absolute Gasteiger partial charge is 0.276 e. The minimum atomic E-state index is -0.213. The second kappa shape index (κ2) is 8.11. The predicted octanol–water partition coefficient (Wildman–Crippen LogP) is 2.23. The van der Waals surface area contributed by atoms with E-state index in [-0.39, 0.29) is 49.3 Å². The van der Waals surface area contributed by atoms with E-state index in [4.69, 9.17) is 0 Å². The van der Waals surface area contributed by atoms with Crippen molar-refractivity contribution in [1.82, 2.24) is 20.6 Å². The molecule has 0 saturated heterocycles. The van der Waals surface area contributed by atoms with Crippen LogP contribution in [0.3, 0.4) is 0 Å². The second-order valence-corrected chi connectivity index (χ2v) is 7.44. The summed E-state index contributed by atoms with van der Waals surface area (Å²) in [6.45, 7) is 0.186. The number of aliphatic imine (C=N–C) groups is 1. The number of rotatable bonds is 3. The van der Waals surface area contributed by atoms with Crippen molar-refractivity contribution in [2.45, 2.75) is 25.3 Å². The van der Waals surface area contributed by atoms with Gasteiger partial charge >= 0.3 is 0 Å². The van der Waals surface area contributed by atoms with Crippen molar-refractivity contribution in [1.29, 1.82) is 0 Å². The fraction of sp³-hybridized carbons (Fsp3) is 0.421. The number of aromatic nitrogens is 2. The minimum absolute atomic E-state index is 0. The molecule has 2 aliphatic carbocycles.